The highest BCUT2D eigenvalue weighted by molar-refractivity contribution is 7.79. The average Bonchev–Trinajstić information content (AvgIpc) is 2.04. The van der Waals surface area contributed by atoms with Crippen LogP contribution < -0.4 is 0 Å². The molecule has 0 spiro atoms. The van der Waals surface area contributed by atoms with Gasteiger partial charge in [0.05, 0.1) is 0 Å². The average molecular weight is 180 g/mol. The van der Waals surface area contributed by atoms with Crippen LogP contribution in [0.4, 0.5) is 0 Å². The van der Waals surface area contributed by atoms with E-state index in [4.69, 9.17) is 0 Å². The molecule has 0 saturated carbocycles. The van der Waals surface area contributed by atoms with E-state index < -0.39 is 0 Å². The molecule has 0 aliphatic rings. The van der Waals surface area contributed by atoms with E-state index in [9.17, 15) is 0 Å². The zero-order valence-corrected chi connectivity index (χ0v) is 8.70. The molecule has 0 aromatic heterocycles. The van der Waals surface area contributed by atoms with Crippen LogP contribution in [0.2, 0.25) is 0 Å². The van der Waals surface area contributed by atoms with Gasteiger partial charge in [0.1, 0.15) is 0 Å². The van der Waals surface area contributed by atoms with Gasteiger partial charge in [0.2, 0.25) is 0 Å². The Labute approximate surface area is 80.4 Å². The molecule has 0 saturated heterocycles. The summed E-state index contributed by atoms with van der Waals surface area (Å²) in [6.45, 7) is 4.36. The number of benzene rings is 1. The molecule has 1 heteroatoms. The summed E-state index contributed by atoms with van der Waals surface area (Å²) in [6.07, 6.45) is 2.40. The lowest BCUT2D eigenvalue weighted by Gasteiger charge is -2.04. The number of hydrogen-bond donors (Lipinski definition) is 1. The lowest BCUT2D eigenvalue weighted by Crippen LogP contribution is -1.88. The molecule has 1 rings (SSSR count). The third-order valence-corrected chi connectivity index (χ3v) is 2.28. The minimum Gasteiger partial charge on any atom is -0.175 e. The summed E-state index contributed by atoms with van der Waals surface area (Å²) >= 11 is 4.27. The Morgan fingerprint density at radius 2 is 1.83 bits per heavy atom. The Balaban J connectivity index is 2.90. The van der Waals surface area contributed by atoms with Crippen molar-refractivity contribution >= 4 is 12.6 Å². The van der Waals surface area contributed by atoms with E-state index in [1.165, 1.54) is 29.5 Å². The summed E-state index contributed by atoms with van der Waals surface area (Å²) in [5, 5.41) is 0. The molecule has 0 radical (unpaired) electrons. The van der Waals surface area contributed by atoms with E-state index >= 15 is 0 Å². The van der Waals surface area contributed by atoms with Crippen molar-refractivity contribution in [3.05, 3.63) is 34.9 Å². The predicted octanol–water partition coefficient (Wildman–Crippen LogP) is 3.38. The normalized spacial score (nSPS) is 10.2. The van der Waals surface area contributed by atoms with Gasteiger partial charge in [0.15, 0.2) is 0 Å². The van der Waals surface area contributed by atoms with Gasteiger partial charge in [-0.25, -0.2) is 0 Å². The summed E-state index contributed by atoms with van der Waals surface area (Å²) in [7, 11) is 0. The van der Waals surface area contributed by atoms with E-state index in [0.717, 1.165) is 5.75 Å². The van der Waals surface area contributed by atoms with Gasteiger partial charge in [0, 0.05) is 5.75 Å². The summed E-state index contributed by atoms with van der Waals surface area (Å²) in [5.41, 5.74) is 4.13. The second-order valence-corrected chi connectivity index (χ2v) is 3.55. The first-order valence-electron chi connectivity index (χ1n) is 4.46. The van der Waals surface area contributed by atoms with Crippen molar-refractivity contribution < 1.29 is 0 Å². The standard InChI is InChI=1S/C11H16S/c1-3-4-10-5-9(2)6-11(7-10)8-12/h5-7,12H,3-4,8H2,1-2H3. The number of thiol groups is 1. The first-order chi connectivity index (χ1) is 5.76. The summed E-state index contributed by atoms with van der Waals surface area (Å²) in [6, 6.07) is 6.71. The van der Waals surface area contributed by atoms with Gasteiger partial charge in [-0.15, -0.1) is 0 Å². The highest BCUT2D eigenvalue weighted by Crippen LogP contribution is 2.12. The molecule has 0 aliphatic heterocycles. The molecule has 0 N–H and O–H groups in total. The van der Waals surface area contributed by atoms with Crippen molar-refractivity contribution in [2.24, 2.45) is 0 Å². The monoisotopic (exact) mass is 180 g/mol. The molecule has 1 aromatic carbocycles. The van der Waals surface area contributed by atoms with Crippen LogP contribution in [0.3, 0.4) is 0 Å². The molecule has 0 aliphatic carbocycles. The molecule has 0 nitrogen and oxygen atoms in total. The van der Waals surface area contributed by atoms with Gasteiger partial charge < -0.3 is 0 Å². The first-order valence-corrected chi connectivity index (χ1v) is 5.09. The molecule has 0 bridgehead atoms. The maximum Gasteiger partial charge on any atom is 0.0154 e. The van der Waals surface area contributed by atoms with Crippen molar-refractivity contribution in [2.45, 2.75) is 32.4 Å². The Morgan fingerprint density at radius 3 is 2.42 bits per heavy atom. The number of rotatable bonds is 3. The van der Waals surface area contributed by atoms with Gasteiger partial charge in [-0.1, -0.05) is 37.1 Å². The number of hydrogen-bond acceptors (Lipinski definition) is 1. The Bertz CT molecular complexity index is 253. The minimum absolute atomic E-state index is 0.846. The van der Waals surface area contributed by atoms with Crippen LogP contribution in [-0.2, 0) is 12.2 Å². The van der Waals surface area contributed by atoms with Crippen molar-refractivity contribution in [3.63, 3.8) is 0 Å². The molecule has 0 fully saturated rings. The van der Waals surface area contributed by atoms with Crippen molar-refractivity contribution in [1.82, 2.24) is 0 Å². The third kappa shape index (κ3) is 2.56. The summed E-state index contributed by atoms with van der Waals surface area (Å²) < 4.78 is 0. The second-order valence-electron chi connectivity index (χ2n) is 3.23. The highest BCUT2D eigenvalue weighted by Gasteiger charge is 1.96. The Kier molecular flexibility index (Phi) is 3.67. The lowest BCUT2D eigenvalue weighted by atomic mass is 10.0. The van der Waals surface area contributed by atoms with Gasteiger partial charge in [0.25, 0.3) is 0 Å². The molecule has 0 unspecified atom stereocenters. The third-order valence-electron chi connectivity index (χ3n) is 1.92. The summed E-state index contributed by atoms with van der Waals surface area (Å²) in [5.74, 6) is 0.846. The predicted molar refractivity (Wildman–Crippen MR) is 57.9 cm³/mol. The van der Waals surface area contributed by atoms with Gasteiger partial charge in [-0.05, 0) is 24.5 Å². The fourth-order valence-corrected chi connectivity index (χ4v) is 1.65. The molecular weight excluding hydrogens is 164 g/mol. The van der Waals surface area contributed by atoms with E-state index in [-0.39, 0.29) is 0 Å². The van der Waals surface area contributed by atoms with Gasteiger partial charge >= 0.3 is 0 Å². The molecule has 1 aromatic rings. The van der Waals surface area contributed by atoms with Crippen LogP contribution >= 0.6 is 12.6 Å². The Morgan fingerprint density at radius 1 is 1.17 bits per heavy atom. The topological polar surface area (TPSA) is 0 Å². The van der Waals surface area contributed by atoms with Crippen LogP contribution in [0.25, 0.3) is 0 Å². The van der Waals surface area contributed by atoms with Gasteiger partial charge in [-0.3, -0.25) is 0 Å². The van der Waals surface area contributed by atoms with Crippen molar-refractivity contribution in [2.75, 3.05) is 0 Å². The fourth-order valence-electron chi connectivity index (χ4n) is 1.47. The van der Waals surface area contributed by atoms with Crippen LogP contribution in [0, 0.1) is 6.92 Å². The minimum atomic E-state index is 0.846. The molecule has 12 heavy (non-hydrogen) atoms. The zero-order chi connectivity index (χ0) is 8.97. The molecule has 0 atom stereocenters. The van der Waals surface area contributed by atoms with E-state index in [1.807, 2.05) is 0 Å². The fraction of sp³-hybridized carbons (Fsp3) is 0.455. The smallest absolute Gasteiger partial charge is 0.0154 e. The lowest BCUT2D eigenvalue weighted by molar-refractivity contribution is 0.918. The van der Waals surface area contributed by atoms with Crippen LogP contribution in [-0.4, -0.2) is 0 Å². The van der Waals surface area contributed by atoms with Crippen molar-refractivity contribution in [1.29, 1.82) is 0 Å². The van der Waals surface area contributed by atoms with Crippen LogP contribution in [0.5, 0.6) is 0 Å². The van der Waals surface area contributed by atoms with E-state index in [2.05, 4.69) is 44.7 Å². The quantitative estimate of drug-likeness (QED) is 0.677. The molecule has 0 heterocycles. The largest absolute Gasteiger partial charge is 0.175 e. The maximum absolute atomic E-state index is 4.27. The second kappa shape index (κ2) is 4.56. The summed E-state index contributed by atoms with van der Waals surface area (Å²) in [4.78, 5) is 0. The van der Waals surface area contributed by atoms with E-state index in [0.29, 0.717) is 0 Å². The highest BCUT2D eigenvalue weighted by atomic mass is 32.1. The van der Waals surface area contributed by atoms with Gasteiger partial charge in [-0.2, -0.15) is 12.6 Å². The Hall–Kier alpha value is -0.430. The van der Waals surface area contributed by atoms with Crippen LogP contribution in [0.15, 0.2) is 18.2 Å². The molecular formula is C11H16S. The van der Waals surface area contributed by atoms with Crippen molar-refractivity contribution in [3.8, 4) is 0 Å². The zero-order valence-electron chi connectivity index (χ0n) is 7.80. The molecule has 66 valence electrons. The SMILES string of the molecule is CCCc1cc(C)cc(CS)c1. The maximum atomic E-state index is 4.27. The van der Waals surface area contributed by atoms with Crippen LogP contribution in [0.1, 0.15) is 30.0 Å². The van der Waals surface area contributed by atoms with E-state index in [1.54, 1.807) is 0 Å². The first kappa shape index (κ1) is 9.66. The molecule has 0 amide bonds. The number of aryl methyl sites for hydroxylation is 2.